The Kier molecular flexibility index (Phi) is 2.73. The molecule has 2 heterocycles. The van der Waals surface area contributed by atoms with Gasteiger partial charge in [-0.3, -0.25) is 4.79 Å². The first-order valence-electron chi connectivity index (χ1n) is 5.48. The van der Waals surface area contributed by atoms with Crippen molar-refractivity contribution in [3.8, 4) is 5.69 Å². The molecule has 0 atom stereocenters. The number of tetrazole rings is 1. The fourth-order valence-corrected chi connectivity index (χ4v) is 1.59. The molecule has 19 heavy (non-hydrogen) atoms. The Morgan fingerprint density at radius 2 is 2.26 bits per heavy atom. The number of carbonyl (C=O) groups excluding carboxylic acids is 1. The first kappa shape index (κ1) is 11.1. The van der Waals surface area contributed by atoms with Crippen molar-refractivity contribution in [3.63, 3.8) is 0 Å². The minimum absolute atomic E-state index is 0.00973. The molecule has 3 aromatic rings. The van der Waals surface area contributed by atoms with Gasteiger partial charge in [-0.05, 0) is 29.5 Å². The summed E-state index contributed by atoms with van der Waals surface area (Å²) in [7, 11) is 0. The van der Waals surface area contributed by atoms with Gasteiger partial charge in [-0.2, -0.15) is 10.3 Å². The highest BCUT2D eigenvalue weighted by atomic mass is 16.2. The number of hydrogen-bond acceptors (Lipinski definition) is 5. The Hall–Kier alpha value is -3.03. The van der Waals surface area contributed by atoms with E-state index in [0.717, 1.165) is 5.69 Å². The summed E-state index contributed by atoms with van der Waals surface area (Å²) in [5.41, 5.74) is 1.47. The smallest absolute Gasteiger partial charge is 0.297 e. The minimum atomic E-state index is -0.425. The molecule has 0 fully saturated rings. The number of nitrogens with one attached hydrogen (secondary N) is 2. The monoisotopic (exact) mass is 255 g/mol. The van der Waals surface area contributed by atoms with Gasteiger partial charge >= 0.3 is 0 Å². The summed E-state index contributed by atoms with van der Waals surface area (Å²) < 4.78 is 1.70. The SMILES string of the molecule is O=C(Nc1cccc(-n2cccn2)c1)c1nn[nH]n1. The fraction of sp³-hybridized carbons (Fsp3) is 0. The van der Waals surface area contributed by atoms with Crippen LogP contribution in [0.4, 0.5) is 5.69 Å². The normalized spacial score (nSPS) is 10.3. The minimum Gasteiger partial charge on any atom is -0.319 e. The molecule has 0 bridgehead atoms. The van der Waals surface area contributed by atoms with Crippen LogP contribution in [0.5, 0.6) is 0 Å². The van der Waals surface area contributed by atoms with E-state index in [0.29, 0.717) is 5.69 Å². The lowest BCUT2D eigenvalue weighted by molar-refractivity contribution is 0.101. The highest BCUT2D eigenvalue weighted by molar-refractivity contribution is 6.01. The average molecular weight is 255 g/mol. The molecule has 94 valence electrons. The Morgan fingerprint density at radius 1 is 1.32 bits per heavy atom. The van der Waals surface area contributed by atoms with E-state index in [1.165, 1.54) is 0 Å². The van der Waals surface area contributed by atoms with E-state index >= 15 is 0 Å². The number of aromatic nitrogens is 6. The Labute approximate surface area is 107 Å². The van der Waals surface area contributed by atoms with Crippen LogP contribution in [0.15, 0.2) is 42.7 Å². The van der Waals surface area contributed by atoms with Crippen LogP contribution in [0.25, 0.3) is 5.69 Å². The van der Waals surface area contributed by atoms with Gasteiger partial charge in [0.1, 0.15) is 0 Å². The summed E-state index contributed by atoms with van der Waals surface area (Å²) >= 11 is 0. The standard InChI is InChI=1S/C11H9N7O/c19-11(10-14-16-17-15-10)13-8-3-1-4-9(7-8)18-6-2-5-12-18/h1-7H,(H,13,19)(H,14,15,16,17). The lowest BCUT2D eigenvalue weighted by Crippen LogP contribution is -2.14. The van der Waals surface area contributed by atoms with E-state index < -0.39 is 5.91 Å². The van der Waals surface area contributed by atoms with E-state index in [-0.39, 0.29) is 5.82 Å². The first-order chi connectivity index (χ1) is 9.33. The molecule has 3 rings (SSSR count). The molecule has 0 aliphatic heterocycles. The lowest BCUT2D eigenvalue weighted by Gasteiger charge is -2.05. The van der Waals surface area contributed by atoms with Gasteiger partial charge in [-0.1, -0.05) is 6.07 Å². The van der Waals surface area contributed by atoms with Crippen LogP contribution in [0.1, 0.15) is 10.6 Å². The number of benzene rings is 1. The van der Waals surface area contributed by atoms with E-state index in [1.807, 2.05) is 24.4 Å². The van der Waals surface area contributed by atoms with E-state index in [2.05, 4.69) is 31.0 Å². The van der Waals surface area contributed by atoms with Crippen molar-refractivity contribution in [1.29, 1.82) is 0 Å². The largest absolute Gasteiger partial charge is 0.319 e. The predicted octanol–water partition coefficient (Wildman–Crippen LogP) is 0.638. The van der Waals surface area contributed by atoms with Gasteiger partial charge < -0.3 is 5.32 Å². The van der Waals surface area contributed by atoms with Crippen molar-refractivity contribution in [2.75, 3.05) is 5.32 Å². The quantitative estimate of drug-likeness (QED) is 0.715. The second-order valence-electron chi connectivity index (χ2n) is 3.69. The van der Waals surface area contributed by atoms with Crippen LogP contribution in [-0.2, 0) is 0 Å². The Bertz CT molecular complexity index is 675. The zero-order chi connectivity index (χ0) is 13.1. The molecule has 1 amide bonds. The van der Waals surface area contributed by atoms with E-state index in [9.17, 15) is 4.79 Å². The molecule has 0 saturated carbocycles. The molecule has 0 unspecified atom stereocenters. The van der Waals surface area contributed by atoms with Crippen LogP contribution in [-0.4, -0.2) is 36.3 Å². The van der Waals surface area contributed by atoms with E-state index in [1.54, 1.807) is 23.0 Å². The summed E-state index contributed by atoms with van der Waals surface area (Å²) in [5, 5.41) is 19.6. The van der Waals surface area contributed by atoms with Crippen LogP contribution >= 0.6 is 0 Å². The summed E-state index contributed by atoms with van der Waals surface area (Å²) in [5.74, 6) is -0.434. The maximum absolute atomic E-state index is 11.8. The molecule has 0 aliphatic carbocycles. The molecule has 8 heteroatoms. The zero-order valence-corrected chi connectivity index (χ0v) is 9.69. The molecule has 0 aliphatic rings. The third-order valence-electron chi connectivity index (χ3n) is 2.42. The lowest BCUT2D eigenvalue weighted by atomic mass is 10.2. The Morgan fingerprint density at radius 3 is 3.00 bits per heavy atom. The number of carbonyl (C=O) groups is 1. The summed E-state index contributed by atoms with van der Waals surface area (Å²) in [6.45, 7) is 0. The fourth-order valence-electron chi connectivity index (χ4n) is 1.59. The molecule has 0 spiro atoms. The van der Waals surface area contributed by atoms with Gasteiger partial charge in [0.05, 0.1) is 5.69 Å². The van der Waals surface area contributed by atoms with Crippen molar-refractivity contribution in [1.82, 2.24) is 30.4 Å². The van der Waals surface area contributed by atoms with Crippen LogP contribution in [0, 0.1) is 0 Å². The summed E-state index contributed by atoms with van der Waals surface area (Å²) in [4.78, 5) is 11.8. The third-order valence-corrected chi connectivity index (χ3v) is 2.42. The highest BCUT2D eigenvalue weighted by Crippen LogP contribution is 2.14. The van der Waals surface area contributed by atoms with Crippen LogP contribution in [0.2, 0.25) is 0 Å². The van der Waals surface area contributed by atoms with Gasteiger partial charge in [-0.15, -0.1) is 10.2 Å². The van der Waals surface area contributed by atoms with Gasteiger partial charge in [0.25, 0.3) is 11.7 Å². The zero-order valence-electron chi connectivity index (χ0n) is 9.69. The number of hydrogen-bond donors (Lipinski definition) is 2. The number of amides is 1. The predicted molar refractivity (Wildman–Crippen MR) is 65.7 cm³/mol. The van der Waals surface area contributed by atoms with Crippen molar-refractivity contribution < 1.29 is 4.79 Å². The molecule has 1 aromatic carbocycles. The number of H-pyrrole nitrogens is 1. The molecular weight excluding hydrogens is 246 g/mol. The maximum Gasteiger partial charge on any atom is 0.297 e. The number of anilines is 1. The van der Waals surface area contributed by atoms with Gasteiger partial charge in [0, 0.05) is 18.1 Å². The second-order valence-corrected chi connectivity index (χ2v) is 3.69. The second kappa shape index (κ2) is 4.69. The van der Waals surface area contributed by atoms with Crippen LogP contribution in [0.3, 0.4) is 0 Å². The van der Waals surface area contributed by atoms with Gasteiger partial charge in [-0.25, -0.2) is 4.68 Å². The molecule has 8 nitrogen and oxygen atoms in total. The maximum atomic E-state index is 11.8. The van der Waals surface area contributed by atoms with Gasteiger partial charge in [0.15, 0.2) is 0 Å². The van der Waals surface area contributed by atoms with E-state index in [4.69, 9.17) is 0 Å². The molecule has 0 saturated heterocycles. The number of aromatic amines is 1. The Balaban J connectivity index is 1.82. The molecule has 2 aromatic heterocycles. The van der Waals surface area contributed by atoms with Crippen LogP contribution < -0.4 is 5.32 Å². The van der Waals surface area contributed by atoms with Crippen molar-refractivity contribution >= 4 is 11.6 Å². The average Bonchev–Trinajstić information content (AvgIpc) is 3.13. The first-order valence-corrected chi connectivity index (χ1v) is 5.48. The molecular formula is C11H9N7O. The van der Waals surface area contributed by atoms with Crippen molar-refractivity contribution in [2.24, 2.45) is 0 Å². The number of rotatable bonds is 3. The van der Waals surface area contributed by atoms with Crippen molar-refractivity contribution in [3.05, 3.63) is 48.5 Å². The topological polar surface area (TPSA) is 101 Å². The number of nitrogens with zero attached hydrogens (tertiary/aromatic N) is 5. The summed E-state index contributed by atoms with van der Waals surface area (Å²) in [6, 6.07) is 9.10. The van der Waals surface area contributed by atoms with Crippen molar-refractivity contribution in [2.45, 2.75) is 0 Å². The van der Waals surface area contributed by atoms with Gasteiger partial charge in [0.2, 0.25) is 0 Å². The highest BCUT2D eigenvalue weighted by Gasteiger charge is 2.11. The molecule has 2 N–H and O–H groups in total. The summed E-state index contributed by atoms with van der Waals surface area (Å²) in [6.07, 6.45) is 3.50. The molecule has 0 radical (unpaired) electrons. The third kappa shape index (κ3) is 2.32.